The van der Waals surface area contributed by atoms with Crippen LogP contribution in [0.3, 0.4) is 0 Å². The molecule has 2 aromatic rings. The predicted molar refractivity (Wildman–Crippen MR) is 93.5 cm³/mol. The van der Waals surface area contributed by atoms with Gasteiger partial charge in [0.05, 0.1) is 20.1 Å². The number of hydrogen-bond donors (Lipinski definition) is 0. The van der Waals surface area contributed by atoms with Crippen LogP contribution in [0.5, 0.6) is 11.5 Å². The summed E-state index contributed by atoms with van der Waals surface area (Å²) in [5, 5.41) is 0. The van der Waals surface area contributed by atoms with Crippen LogP contribution in [0.15, 0.2) is 40.9 Å². The van der Waals surface area contributed by atoms with E-state index in [1.165, 1.54) is 0 Å². The van der Waals surface area contributed by atoms with Gasteiger partial charge in [0.1, 0.15) is 0 Å². The molecule has 0 aromatic heterocycles. The number of benzene rings is 2. The van der Waals surface area contributed by atoms with Gasteiger partial charge in [0.2, 0.25) is 5.91 Å². The Morgan fingerprint density at radius 2 is 1.91 bits per heavy atom. The molecule has 1 atom stereocenters. The van der Waals surface area contributed by atoms with E-state index < -0.39 is 0 Å². The minimum atomic E-state index is -0.205. The number of halogens is 1. The summed E-state index contributed by atoms with van der Waals surface area (Å²) < 4.78 is 11.8. The molecule has 1 aliphatic heterocycles. The fourth-order valence-corrected chi connectivity index (χ4v) is 3.63. The Morgan fingerprint density at radius 1 is 1.17 bits per heavy atom. The number of fused-ring (bicyclic) bond motifs is 1. The Balaban J connectivity index is 2.03. The first kappa shape index (κ1) is 15.9. The summed E-state index contributed by atoms with van der Waals surface area (Å²) in [5.74, 6) is 1.23. The van der Waals surface area contributed by atoms with Crippen LogP contribution >= 0.6 is 15.9 Å². The van der Waals surface area contributed by atoms with Crippen molar-refractivity contribution in [1.29, 1.82) is 0 Å². The number of carbonyl (C=O) groups excluding carboxylic acids is 1. The van der Waals surface area contributed by atoms with Crippen LogP contribution in [-0.4, -0.2) is 27.2 Å². The number of ether oxygens (including phenoxy) is 2. The van der Waals surface area contributed by atoms with Crippen LogP contribution < -0.4 is 14.4 Å². The number of carbonyl (C=O) groups is 1. The molecule has 3 rings (SSSR count). The molecule has 0 bridgehead atoms. The third kappa shape index (κ3) is 2.70. The minimum absolute atomic E-state index is 0.104. The molecule has 0 saturated heterocycles. The molecule has 23 heavy (non-hydrogen) atoms. The molecular weight excluding hydrogens is 358 g/mol. The molecular formula is C18H18BrNO3. The van der Waals surface area contributed by atoms with Gasteiger partial charge in [-0.2, -0.15) is 0 Å². The quantitative estimate of drug-likeness (QED) is 0.816. The van der Waals surface area contributed by atoms with E-state index in [4.69, 9.17) is 9.47 Å². The van der Waals surface area contributed by atoms with Gasteiger partial charge in [-0.3, -0.25) is 4.79 Å². The molecule has 0 N–H and O–H groups in total. The fraction of sp³-hybridized carbons (Fsp3) is 0.278. The van der Waals surface area contributed by atoms with Gasteiger partial charge in [0.15, 0.2) is 11.5 Å². The summed E-state index contributed by atoms with van der Waals surface area (Å²) in [7, 11) is 5.05. The highest BCUT2D eigenvalue weighted by atomic mass is 79.9. The number of rotatable bonds is 4. The van der Waals surface area contributed by atoms with Crippen molar-refractivity contribution in [2.24, 2.45) is 0 Å². The molecule has 0 aliphatic carbocycles. The second-order valence-electron chi connectivity index (χ2n) is 5.51. The number of amides is 1. The highest BCUT2D eigenvalue weighted by molar-refractivity contribution is 9.10. The first-order valence-electron chi connectivity index (χ1n) is 7.33. The van der Waals surface area contributed by atoms with Crippen molar-refractivity contribution in [2.75, 3.05) is 26.2 Å². The van der Waals surface area contributed by atoms with E-state index in [0.29, 0.717) is 17.9 Å². The molecule has 120 valence electrons. The van der Waals surface area contributed by atoms with Crippen molar-refractivity contribution in [3.63, 3.8) is 0 Å². The van der Waals surface area contributed by atoms with Crippen LogP contribution in [0, 0.1) is 0 Å². The lowest BCUT2D eigenvalue weighted by Gasteiger charge is -2.16. The maximum absolute atomic E-state index is 12.6. The number of nitrogens with zero attached hydrogens (tertiary/aromatic N) is 1. The number of likely N-dealkylation sites (N-methyl/N-ethyl adjacent to an activating group) is 1. The van der Waals surface area contributed by atoms with Crippen LogP contribution in [-0.2, 0) is 11.2 Å². The number of methoxy groups -OCH3 is 2. The zero-order valence-electron chi connectivity index (χ0n) is 13.3. The van der Waals surface area contributed by atoms with Gasteiger partial charge in [-0.15, -0.1) is 0 Å². The van der Waals surface area contributed by atoms with E-state index in [2.05, 4.69) is 15.9 Å². The summed E-state index contributed by atoms with van der Waals surface area (Å²) in [4.78, 5) is 14.4. The van der Waals surface area contributed by atoms with E-state index >= 15 is 0 Å². The highest BCUT2D eigenvalue weighted by Crippen LogP contribution is 2.42. The molecule has 1 unspecified atom stereocenters. The Morgan fingerprint density at radius 3 is 2.61 bits per heavy atom. The molecule has 1 heterocycles. The average Bonchev–Trinajstić information content (AvgIpc) is 2.80. The Kier molecular flexibility index (Phi) is 4.31. The monoisotopic (exact) mass is 375 g/mol. The second-order valence-corrected chi connectivity index (χ2v) is 6.43. The normalized spacial score (nSPS) is 16.4. The number of hydrogen-bond acceptors (Lipinski definition) is 3. The standard InChI is InChI=1S/C18H18BrNO3/c1-20-15-7-5-4-6-13(15)14(18(20)21)9-11-8-12(19)10-16(22-2)17(11)23-3/h4-8,10,14H,9H2,1-3H3. The van der Waals surface area contributed by atoms with Crippen LogP contribution in [0.2, 0.25) is 0 Å². The lowest BCUT2D eigenvalue weighted by molar-refractivity contribution is -0.119. The average molecular weight is 376 g/mol. The molecule has 2 aromatic carbocycles. The van der Waals surface area contributed by atoms with Crippen molar-refractivity contribution in [3.8, 4) is 11.5 Å². The topological polar surface area (TPSA) is 38.8 Å². The van der Waals surface area contributed by atoms with Crippen LogP contribution in [0.25, 0.3) is 0 Å². The molecule has 1 aliphatic rings. The van der Waals surface area contributed by atoms with Crippen molar-refractivity contribution >= 4 is 27.5 Å². The lowest BCUT2D eigenvalue weighted by Crippen LogP contribution is -2.25. The fourth-order valence-electron chi connectivity index (χ4n) is 3.15. The summed E-state index contributed by atoms with van der Waals surface area (Å²) in [6.45, 7) is 0. The summed E-state index contributed by atoms with van der Waals surface area (Å²) in [6.07, 6.45) is 0.569. The predicted octanol–water partition coefficient (Wildman–Crippen LogP) is 3.77. The number of anilines is 1. The Labute approximate surface area is 144 Å². The molecule has 4 nitrogen and oxygen atoms in total. The zero-order chi connectivity index (χ0) is 16.6. The third-order valence-corrected chi connectivity index (χ3v) is 4.70. The maximum atomic E-state index is 12.6. The van der Waals surface area contributed by atoms with Crippen LogP contribution in [0.4, 0.5) is 5.69 Å². The van der Waals surface area contributed by atoms with E-state index in [1.54, 1.807) is 19.1 Å². The zero-order valence-corrected chi connectivity index (χ0v) is 14.9. The first-order chi connectivity index (χ1) is 11.1. The second kappa shape index (κ2) is 6.24. The summed E-state index contributed by atoms with van der Waals surface area (Å²) in [6, 6.07) is 11.8. The first-order valence-corrected chi connectivity index (χ1v) is 8.13. The van der Waals surface area contributed by atoms with Gasteiger partial charge >= 0.3 is 0 Å². The smallest absolute Gasteiger partial charge is 0.234 e. The minimum Gasteiger partial charge on any atom is -0.493 e. The van der Waals surface area contributed by atoms with Crippen molar-refractivity contribution < 1.29 is 14.3 Å². The van der Waals surface area contributed by atoms with Gasteiger partial charge in [-0.25, -0.2) is 0 Å². The summed E-state index contributed by atoms with van der Waals surface area (Å²) in [5.41, 5.74) is 2.98. The van der Waals surface area contributed by atoms with Gasteiger partial charge in [0, 0.05) is 22.8 Å². The molecule has 0 radical (unpaired) electrons. The van der Waals surface area contributed by atoms with Crippen molar-refractivity contribution in [3.05, 3.63) is 52.0 Å². The van der Waals surface area contributed by atoms with E-state index in [1.807, 2.05) is 43.4 Å². The largest absolute Gasteiger partial charge is 0.493 e. The third-order valence-electron chi connectivity index (χ3n) is 4.25. The van der Waals surface area contributed by atoms with Crippen molar-refractivity contribution in [2.45, 2.75) is 12.3 Å². The van der Waals surface area contributed by atoms with Crippen LogP contribution in [0.1, 0.15) is 17.0 Å². The van der Waals surface area contributed by atoms with Gasteiger partial charge in [-0.1, -0.05) is 34.1 Å². The molecule has 0 fully saturated rings. The highest BCUT2D eigenvalue weighted by Gasteiger charge is 2.35. The lowest BCUT2D eigenvalue weighted by atomic mass is 9.92. The van der Waals surface area contributed by atoms with E-state index in [9.17, 15) is 4.79 Å². The van der Waals surface area contributed by atoms with Crippen molar-refractivity contribution in [1.82, 2.24) is 0 Å². The van der Waals surface area contributed by atoms with Gasteiger partial charge in [-0.05, 0) is 30.2 Å². The van der Waals surface area contributed by atoms with Gasteiger partial charge in [0.25, 0.3) is 0 Å². The van der Waals surface area contributed by atoms with Gasteiger partial charge < -0.3 is 14.4 Å². The Hall–Kier alpha value is -2.01. The molecule has 0 saturated carbocycles. The Bertz CT molecular complexity index is 760. The molecule has 1 amide bonds. The molecule has 0 spiro atoms. The SMILES string of the molecule is COc1cc(Br)cc(CC2C(=O)N(C)c3ccccc32)c1OC. The van der Waals surface area contributed by atoms with E-state index in [-0.39, 0.29) is 11.8 Å². The maximum Gasteiger partial charge on any atom is 0.234 e. The van der Waals surface area contributed by atoms with E-state index in [0.717, 1.165) is 21.3 Å². The molecule has 5 heteroatoms. The summed E-state index contributed by atoms with van der Waals surface area (Å²) >= 11 is 3.49. The number of para-hydroxylation sites is 1.